The third kappa shape index (κ3) is 4.03. The first-order valence-corrected chi connectivity index (χ1v) is 10.5. The number of nitrogens with zero attached hydrogens (tertiary/aromatic N) is 1. The van der Waals surface area contributed by atoms with Crippen molar-refractivity contribution < 1.29 is 22.1 Å². The third-order valence-electron chi connectivity index (χ3n) is 4.99. The Bertz CT molecular complexity index is 1010. The summed E-state index contributed by atoms with van der Waals surface area (Å²) in [7, 11) is -4.84. The summed E-state index contributed by atoms with van der Waals surface area (Å²) in [5.41, 5.74) is -0.513. The number of halogens is 2. The molecule has 2 aromatic rings. The van der Waals surface area contributed by atoms with Gasteiger partial charge in [-0.2, -0.15) is 0 Å². The molecule has 0 radical (unpaired) electrons. The SMILES string of the molecule is Cc1ncc(Cl)cc1S(=O)(=O)Nc1cc(F)cc(B2OC(C)(C)C(C)(C)O2)c1. The van der Waals surface area contributed by atoms with E-state index < -0.39 is 34.2 Å². The Hall–Kier alpha value is -1.68. The molecule has 1 aromatic heterocycles. The van der Waals surface area contributed by atoms with Gasteiger partial charge in [0.2, 0.25) is 0 Å². The van der Waals surface area contributed by atoms with Crippen LogP contribution in [0.3, 0.4) is 0 Å². The summed E-state index contributed by atoms with van der Waals surface area (Å²) in [6, 6.07) is 5.11. The monoisotopic (exact) mass is 426 g/mol. The van der Waals surface area contributed by atoms with Gasteiger partial charge in [0.25, 0.3) is 10.0 Å². The number of hydrogen-bond acceptors (Lipinski definition) is 5. The van der Waals surface area contributed by atoms with Crippen molar-refractivity contribution in [3.63, 3.8) is 0 Å². The van der Waals surface area contributed by atoms with Crippen molar-refractivity contribution in [2.24, 2.45) is 0 Å². The first kappa shape index (κ1) is 21.0. The second-order valence-electron chi connectivity index (χ2n) is 7.70. The maximum absolute atomic E-state index is 14.2. The van der Waals surface area contributed by atoms with Gasteiger partial charge in [-0.3, -0.25) is 9.71 Å². The van der Waals surface area contributed by atoms with E-state index in [2.05, 4.69) is 9.71 Å². The molecule has 150 valence electrons. The molecule has 6 nitrogen and oxygen atoms in total. The average molecular weight is 427 g/mol. The summed E-state index contributed by atoms with van der Waals surface area (Å²) in [6.45, 7) is 9.07. The first-order valence-electron chi connectivity index (χ1n) is 8.62. The molecule has 1 N–H and O–H groups in total. The smallest absolute Gasteiger partial charge is 0.399 e. The first-order chi connectivity index (χ1) is 12.8. The number of anilines is 1. The Morgan fingerprint density at radius 3 is 2.32 bits per heavy atom. The van der Waals surface area contributed by atoms with E-state index in [4.69, 9.17) is 20.9 Å². The minimum Gasteiger partial charge on any atom is -0.399 e. The molecule has 1 aliphatic rings. The molecule has 2 heterocycles. The van der Waals surface area contributed by atoms with Gasteiger partial charge in [0.1, 0.15) is 10.7 Å². The summed E-state index contributed by atoms with van der Waals surface area (Å²) in [5.74, 6) is -0.620. The molecule has 28 heavy (non-hydrogen) atoms. The normalized spacial score (nSPS) is 18.3. The highest BCUT2D eigenvalue weighted by molar-refractivity contribution is 7.92. The number of aryl methyl sites for hydroxylation is 1. The molecule has 1 aromatic carbocycles. The van der Waals surface area contributed by atoms with E-state index in [-0.39, 0.29) is 21.3 Å². The van der Waals surface area contributed by atoms with Crippen molar-refractivity contribution in [2.45, 2.75) is 50.7 Å². The Labute approximate surface area is 169 Å². The largest absolute Gasteiger partial charge is 0.495 e. The van der Waals surface area contributed by atoms with Crippen LogP contribution in [0.2, 0.25) is 5.02 Å². The van der Waals surface area contributed by atoms with Gasteiger partial charge in [0.05, 0.1) is 27.6 Å². The quantitative estimate of drug-likeness (QED) is 0.759. The van der Waals surface area contributed by atoms with E-state index in [1.165, 1.54) is 24.4 Å². The Kier molecular flexibility index (Phi) is 5.25. The van der Waals surface area contributed by atoms with E-state index in [0.29, 0.717) is 5.46 Å². The highest BCUT2D eigenvalue weighted by Gasteiger charge is 2.51. The van der Waals surface area contributed by atoms with Gasteiger partial charge in [0, 0.05) is 6.20 Å². The zero-order valence-electron chi connectivity index (χ0n) is 16.2. The number of benzene rings is 1. The standard InChI is InChI=1S/C18H21BClFN2O4S/c1-11-16(8-13(20)10-22-11)28(24,25)23-15-7-12(6-14(21)9-15)19-26-17(2,3)18(4,5)27-19/h6-10,23H,1-5H3. The molecule has 0 unspecified atom stereocenters. The van der Waals surface area contributed by atoms with Crippen molar-refractivity contribution in [3.05, 3.63) is 47.0 Å². The lowest BCUT2D eigenvalue weighted by molar-refractivity contribution is 0.00578. The van der Waals surface area contributed by atoms with E-state index in [9.17, 15) is 12.8 Å². The number of aromatic nitrogens is 1. The lowest BCUT2D eigenvalue weighted by Gasteiger charge is -2.32. The molecule has 3 rings (SSSR count). The molecule has 0 saturated carbocycles. The highest BCUT2D eigenvalue weighted by atomic mass is 35.5. The fourth-order valence-electron chi connectivity index (χ4n) is 2.76. The maximum atomic E-state index is 14.2. The number of pyridine rings is 1. The highest BCUT2D eigenvalue weighted by Crippen LogP contribution is 2.36. The van der Waals surface area contributed by atoms with Crippen molar-refractivity contribution in [2.75, 3.05) is 4.72 Å². The predicted octanol–water partition coefficient (Wildman–Crippen LogP) is 3.28. The Balaban J connectivity index is 1.94. The third-order valence-corrected chi connectivity index (χ3v) is 6.70. The predicted molar refractivity (Wildman–Crippen MR) is 107 cm³/mol. The lowest BCUT2D eigenvalue weighted by Crippen LogP contribution is -2.41. The topological polar surface area (TPSA) is 77.5 Å². The minimum absolute atomic E-state index is 0.0455. The summed E-state index contributed by atoms with van der Waals surface area (Å²) in [6.07, 6.45) is 1.36. The van der Waals surface area contributed by atoms with Gasteiger partial charge in [-0.15, -0.1) is 0 Å². The van der Waals surface area contributed by atoms with E-state index in [1.54, 1.807) is 6.92 Å². The molecule has 0 aliphatic carbocycles. The van der Waals surface area contributed by atoms with Crippen LogP contribution in [0.15, 0.2) is 35.4 Å². The van der Waals surface area contributed by atoms with Crippen molar-refractivity contribution in [1.82, 2.24) is 4.98 Å². The second kappa shape index (κ2) is 6.98. The van der Waals surface area contributed by atoms with E-state index in [1.807, 2.05) is 27.7 Å². The zero-order chi connectivity index (χ0) is 20.9. The zero-order valence-corrected chi connectivity index (χ0v) is 17.8. The average Bonchev–Trinajstić information content (AvgIpc) is 2.76. The summed E-state index contributed by atoms with van der Waals surface area (Å²) in [4.78, 5) is 3.87. The summed E-state index contributed by atoms with van der Waals surface area (Å²) in [5, 5.41) is 0.183. The molecule has 10 heteroatoms. The number of rotatable bonds is 4. The molecule has 0 bridgehead atoms. The summed E-state index contributed by atoms with van der Waals surface area (Å²) < 4.78 is 53.9. The second-order valence-corrected chi connectivity index (χ2v) is 9.79. The van der Waals surface area contributed by atoms with Crippen LogP contribution in [0.25, 0.3) is 0 Å². The molecular formula is C18H21BClFN2O4S. The Morgan fingerprint density at radius 1 is 1.11 bits per heavy atom. The molecule has 0 atom stereocenters. The van der Waals surface area contributed by atoms with Crippen LogP contribution >= 0.6 is 11.6 Å². The van der Waals surface area contributed by atoms with Gasteiger partial charge in [0.15, 0.2) is 0 Å². The maximum Gasteiger partial charge on any atom is 0.495 e. The van der Waals surface area contributed by atoms with Crippen LogP contribution in [0.5, 0.6) is 0 Å². The van der Waals surface area contributed by atoms with Crippen LogP contribution < -0.4 is 10.2 Å². The van der Waals surface area contributed by atoms with Crippen molar-refractivity contribution >= 4 is 39.9 Å². The lowest BCUT2D eigenvalue weighted by atomic mass is 9.79. The molecule has 1 saturated heterocycles. The van der Waals surface area contributed by atoms with Crippen LogP contribution in [0, 0.1) is 12.7 Å². The van der Waals surface area contributed by atoms with Crippen LogP contribution in [0.1, 0.15) is 33.4 Å². The van der Waals surface area contributed by atoms with Crippen LogP contribution in [-0.2, 0) is 19.3 Å². The van der Waals surface area contributed by atoms with Gasteiger partial charge >= 0.3 is 7.12 Å². The molecule has 0 amide bonds. The molecule has 1 fully saturated rings. The summed E-state index contributed by atoms with van der Waals surface area (Å²) >= 11 is 5.87. The van der Waals surface area contributed by atoms with Gasteiger partial charge in [-0.05, 0) is 64.3 Å². The van der Waals surface area contributed by atoms with Crippen LogP contribution in [0.4, 0.5) is 10.1 Å². The van der Waals surface area contributed by atoms with Gasteiger partial charge in [-0.1, -0.05) is 11.6 Å². The molecule has 1 aliphatic heterocycles. The molecule has 0 spiro atoms. The number of hydrogen-bond donors (Lipinski definition) is 1. The van der Waals surface area contributed by atoms with Crippen LogP contribution in [-0.4, -0.2) is 31.7 Å². The molecular weight excluding hydrogens is 406 g/mol. The van der Waals surface area contributed by atoms with E-state index >= 15 is 0 Å². The van der Waals surface area contributed by atoms with Gasteiger partial charge in [-0.25, -0.2) is 12.8 Å². The number of sulfonamides is 1. The Morgan fingerprint density at radius 2 is 1.71 bits per heavy atom. The minimum atomic E-state index is -4.01. The van der Waals surface area contributed by atoms with Gasteiger partial charge < -0.3 is 9.31 Å². The fourth-order valence-corrected chi connectivity index (χ4v) is 4.24. The van der Waals surface area contributed by atoms with Crippen molar-refractivity contribution in [1.29, 1.82) is 0 Å². The van der Waals surface area contributed by atoms with Crippen molar-refractivity contribution in [3.8, 4) is 0 Å². The number of nitrogens with one attached hydrogen (secondary N) is 1. The van der Waals surface area contributed by atoms with E-state index in [0.717, 1.165) is 6.07 Å². The fraction of sp³-hybridized carbons (Fsp3) is 0.389.